The zero-order chi connectivity index (χ0) is 25.7. The summed E-state index contributed by atoms with van der Waals surface area (Å²) in [4.78, 5) is 17.4. The van der Waals surface area contributed by atoms with Crippen LogP contribution in [0.25, 0.3) is 27.5 Å². The fraction of sp³-hybridized carbons (Fsp3) is 0.143. The summed E-state index contributed by atoms with van der Waals surface area (Å²) in [6.45, 7) is 2.05. The summed E-state index contributed by atoms with van der Waals surface area (Å²) in [6, 6.07) is 18.6. The molecule has 0 fully saturated rings. The van der Waals surface area contributed by atoms with Crippen molar-refractivity contribution in [3.8, 4) is 28.7 Å². The molecular weight excluding hydrogens is 474 g/mol. The first-order chi connectivity index (χ1) is 18.0. The second-order valence-electron chi connectivity index (χ2n) is 8.61. The molecule has 9 nitrogen and oxygen atoms in total. The van der Waals surface area contributed by atoms with Crippen LogP contribution in [0.4, 0.5) is 11.4 Å². The van der Waals surface area contributed by atoms with Crippen LogP contribution >= 0.6 is 0 Å². The number of rotatable bonds is 6. The van der Waals surface area contributed by atoms with Crippen molar-refractivity contribution in [2.75, 3.05) is 26.3 Å². The Kier molecular flexibility index (Phi) is 5.26. The molecule has 186 valence electrons. The summed E-state index contributed by atoms with van der Waals surface area (Å²) < 4.78 is 23.7. The molecule has 0 unspecified atom stereocenters. The molecule has 3 aromatic carbocycles. The number of fused-ring (bicyclic) bond motifs is 3. The molecule has 6 rings (SSSR count). The van der Waals surface area contributed by atoms with E-state index in [4.69, 9.17) is 18.9 Å². The monoisotopic (exact) mass is 497 g/mol. The molecule has 0 atom stereocenters. The number of carboxylic acids is 1. The standard InChI is InChI=1S/C28H23N3O6/c1-15-4-5-16-6-7-17(10-20(16)29-15)30-26-19-12-23(34-2)24(35-3)13-21(19)31(27(26)28(32)33)18-8-9-22-25(11-18)37-14-36-22/h4-13,30H,14H2,1-3H3,(H,32,33). The molecule has 37 heavy (non-hydrogen) atoms. The first-order valence-corrected chi connectivity index (χ1v) is 11.5. The van der Waals surface area contributed by atoms with Gasteiger partial charge in [-0.1, -0.05) is 12.1 Å². The van der Waals surface area contributed by atoms with E-state index >= 15 is 0 Å². The fourth-order valence-electron chi connectivity index (χ4n) is 4.68. The van der Waals surface area contributed by atoms with E-state index in [2.05, 4.69) is 10.3 Å². The lowest BCUT2D eigenvalue weighted by Gasteiger charge is -2.12. The van der Waals surface area contributed by atoms with Gasteiger partial charge >= 0.3 is 5.97 Å². The van der Waals surface area contributed by atoms with Gasteiger partial charge in [0.05, 0.1) is 36.6 Å². The number of aromatic nitrogens is 2. The number of hydrogen-bond donors (Lipinski definition) is 2. The van der Waals surface area contributed by atoms with E-state index in [9.17, 15) is 9.90 Å². The molecule has 0 radical (unpaired) electrons. The van der Waals surface area contributed by atoms with Crippen molar-refractivity contribution in [1.29, 1.82) is 0 Å². The zero-order valence-corrected chi connectivity index (χ0v) is 20.4. The van der Waals surface area contributed by atoms with Gasteiger partial charge < -0.3 is 33.9 Å². The van der Waals surface area contributed by atoms with Gasteiger partial charge in [-0.3, -0.25) is 4.98 Å². The molecule has 2 N–H and O–H groups in total. The minimum Gasteiger partial charge on any atom is -0.493 e. The quantitative estimate of drug-likeness (QED) is 0.309. The van der Waals surface area contributed by atoms with E-state index in [1.165, 1.54) is 0 Å². The lowest BCUT2D eigenvalue weighted by atomic mass is 10.1. The third kappa shape index (κ3) is 3.72. The number of ether oxygens (including phenoxy) is 4. The van der Waals surface area contributed by atoms with Crippen molar-refractivity contribution in [2.24, 2.45) is 0 Å². The third-order valence-corrected chi connectivity index (χ3v) is 6.39. The fourth-order valence-corrected chi connectivity index (χ4v) is 4.68. The Morgan fingerprint density at radius 3 is 2.51 bits per heavy atom. The number of carboxylic acid groups (broad SMARTS) is 1. The Hall–Kier alpha value is -4.92. The Balaban J connectivity index is 1.61. The molecule has 3 heterocycles. The SMILES string of the molecule is COc1cc2c(Nc3ccc4ccc(C)nc4c3)c(C(=O)O)n(-c3ccc4c(c3)OCO4)c2cc1OC. The predicted molar refractivity (Wildman–Crippen MR) is 139 cm³/mol. The van der Waals surface area contributed by atoms with Crippen LogP contribution in [0.1, 0.15) is 16.2 Å². The van der Waals surface area contributed by atoms with Crippen molar-refractivity contribution < 1.29 is 28.8 Å². The summed E-state index contributed by atoms with van der Waals surface area (Å²) >= 11 is 0. The van der Waals surface area contributed by atoms with Gasteiger partial charge in [0, 0.05) is 34.3 Å². The Labute approximate surface area is 211 Å². The van der Waals surface area contributed by atoms with Gasteiger partial charge in [0.25, 0.3) is 0 Å². The van der Waals surface area contributed by atoms with Crippen LogP contribution in [0.2, 0.25) is 0 Å². The molecule has 0 aliphatic carbocycles. The molecule has 1 aliphatic heterocycles. The highest BCUT2D eigenvalue weighted by molar-refractivity contribution is 6.09. The van der Waals surface area contributed by atoms with E-state index in [1.54, 1.807) is 49.1 Å². The zero-order valence-electron chi connectivity index (χ0n) is 20.4. The second kappa shape index (κ2) is 8.63. The number of nitrogens with one attached hydrogen (secondary N) is 1. The number of carbonyl (C=O) groups is 1. The second-order valence-corrected chi connectivity index (χ2v) is 8.61. The average molecular weight is 498 g/mol. The molecule has 0 amide bonds. The number of pyridine rings is 1. The molecule has 0 saturated heterocycles. The van der Waals surface area contributed by atoms with E-state index in [0.717, 1.165) is 16.6 Å². The van der Waals surface area contributed by atoms with Crippen LogP contribution in [-0.2, 0) is 0 Å². The van der Waals surface area contributed by atoms with E-state index in [0.29, 0.717) is 51.0 Å². The smallest absolute Gasteiger partial charge is 0.355 e. The molecule has 0 spiro atoms. The lowest BCUT2D eigenvalue weighted by Crippen LogP contribution is -2.09. The number of methoxy groups -OCH3 is 2. The van der Waals surface area contributed by atoms with E-state index < -0.39 is 5.97 Å². The maximum absolute atomic E-state index is 12.8. The Morgan fingerprint density at radius 2 is 1.73 bits per heavy atom. The van der Waals surface area contributed by atoms with Gasteiger partial charge in [-0.05, 0) is 43.3 Å². The van der Waals surface area contributed by atoms with Crippen LogP contribution < -0.4 is 24.3 Å². The molecule has 9 heteroatoms. The molecule has 1 aliphatic rings. The largest absolute Gasteiger partial charge is 0.493 e. The van der Waals surface area contributed by atoms with Crippen LogP contribution in [0.3, 0.4) is 0 Å². The Morgan fingerprint density at radius 1 is 0.973 bits per heavy atom. The Bertz CT molecular complexity index is 1710. The predicted octanol–water partition coefficient (Wildman–Crippen LogP) is 5.67. The van der Waals surface area contributed by atoms with Crippen LogP contribution in [0, 0.1) is 6.92 Å². The number of nitrogens with zero attached hydrogens (tertiary/aromatic N) is 2. The average Bonchev–Trinajstić information content (AvgIpc) is 3.49. The molecule has 5 aromatic rings. The number of anilines is 2. The molecular formula is C28H23N3O6. The first-order valence-electron chi connectivity index (χ1n) is 11.5. The van der Waals surface area contributed by atoms with Crippen molar-refractivity contribution in [1.82, 2.24) is 9.55 Å². The number of aromatic carboxylic acids is 1. The summed E-state index contributed by atoms with van der Waals surface area (Å²) in [6.07, 6.45) is 0. The number of hydrogen-bond acceptors (Lipinski definition) is 7. The van der Waals surface area contributed by atoms with E-state index in [1.807, 2.05) is 37.3 Å². The number of aryl methyl sites for hydroxylation is 1. The van der Waals surface area contributed by atoms with E-state index in [-0.39, 0.29) is 12.5 Å². The summed E-state index contributed by atoms with van der Waals surface area (Å²) in [7, 11) is 3.08. The molecule has 2 aromatic heterocycles. The van der Waals surface area contributed by atoms with Gasteiger partial charge in [-0.15, -0.1) is 0 Å². The van der Waals surface area contributed by atoms with Crippen molar-refractivity contribution in [3.63, 3.8) is 0 Å². The minimum atomic E-state index is -1.11. The minimum absolute atomic E-state index is 0.0430. The van der Waals surface area contributed by atoms with Crippen molar-refractivity contribution in [2.45, 2.75) is 6.92 Å². The molecule has 0 bridgehead atoms. The first kappa shape index (κ1) is 22.5. The third-order valence-electron chi connectivity index (χ3n) is 6.39. The van der Waals surface area contributed by atoms with Crippen molar-refractivity contribution in [3.05, 3.63) is 72.1 Å². The number of benzene rings is 3. The van der Waals surface area contributed by atoms with Crippen LogP contribution in [0.5, 0.6) is 23.0 Å². The topological polar surface area (TPSA) is 104 Å². The van der Waals surface area contributed by atoms with Crippen molar-refractivity contribution >= 4 is 39.1 Å². The van der Waals surface area contributed by atoms with Crippen LogP contribution in [-0.4, -0.2) is 41.6 Å². The van der Waals surface area contributed by atoms with Gasteiger partial charge in [0.2, 0.25) is 6.79 Å². The summed E-state index contributed by atoms with van der Waals surface area (Å²) in [5.41, 5.74) is 4.07. The maximum atomic E-state index is 12.8. The van der Waals surface area contributed by atoms with Gasteiger partial charge in [-0.2, -0.15) is 0 Å². The van der Waals surface area contributed by atoms with Gasteiger partial charge in [-0.25, -0.2) is 4.79 Å². The maximum Gasteiger partial charge on any atom is 0.355 e. The van der Waals surface area contributed by atoms with Gasteiger partial charge in [0.1, 0.15) is 0 Å². The highest BCUT2D eigenvalue weighted by Crippen LogP contribution is 2.43. The van der Waals surface area contributed by atoms with Crippen LogP contribution in [0.15, 0.2) is 60.7 Å². The lowest BCUT2D eigenvalue weighted by molar-refractivity contribution is 0.0689. The summed E-state index contributed by atoms with van der Waals surface area (Å²) in [5, 5.41) is 15.4. The highest BCUT2D eigenvalue weighted by atomic mass is 16.7. The van der Waals surface area contributed by atoms with Gasteiger partial charge in [0.15, 0.2) is 28.7 Å². The highest BCUT2D eigenvalue weighted by Gasteiger charge is 2.27. The normalized spacial score (nSPS) is 12.2. The summed E-state index contributed by atoms with van der Waals surface area (Å²) in [5.74, 6) is 0.997. The molecule has 0 saturated carbocycles.